The first-order valence-corrected chi connectivity index (χ1v) is 11.5. The summed E-state index contributed by atoms with van der Waals surface area (Å²) in [7, 11) is 0. The number of ether oxygens (including phenoxy) is 1. The maximum Gasteiger partial charge on any atom is 0.165 e. The molecule has 2 fully saturated rings. The van der Waals surface area contributed by atoms with E-state index in [1.807, 2.05) is 12.1 Å². The average Bonchev–Trinajstić information content (AvgIpc) is 3.50. The van der Waals surface area contributed by atoms with Crippen LogP contribution < -0.4 is 20.9 Å². The Morgan fingerprint density at radius 3 is 2.76 bits per heavy atom. The van der Waals surface area contributed by atoms with Gasteiger partial charge in [0.15, 0.2) is 11.6 Å². The lowest BCUT2D eigenvalue weighted by Gasteiger charge is -2.17. The molecule has 1 aromatic rings. The van der Waals surface area contributed by atoms with Gasteiger partial charge in [-0.1, -0.05) is 37.0 Å². The van der Waals surface area contributed by atoms with Crippen LogP contribution in [0.3, 0.4) is 0 Å². The molecule has 4 nitrogen and oxygen atoms in total. The highest BCUT2D eigenvalue weighted by Gasteiger charge is 2.21. The molecule has 0 aromatic heterocycles. The normalized spacial score (nSPS) is 17.1. The van der Waals surface area contributed by atoms with Gasteiger partial charge in [0.25, 0.3) is 0 Å². The lowest BCUT2D eigenvalue weighted by Crippen LogP contribution is -2.34. The molecule has 2 aliphatic carbocycles. The van der Waals surface area contributed by atoms with Crippen molar-refractivity contribution in [2.75, 3.05) is 26.2 Å². The van der Waals surface area contributed by atoms with Crippen molar-refractivity contribution >= 4 is 0 Å². The molecule has 0 aliphatic heterocycles. The minimum atomic E-state index is -0.276. The van der Waals surface area contributed by atoms with Crippen molar-refractivity contribution in [1.29, 1.82) is 0 Å². The number of hydrogen-bond acceptors (Lipinski definition) is 4. The molecule has 2 aliphatic rings. The Balaban J connectivity index is 1.22. The van der Waals surface area contributed by atoms with Crippen molar-refractivity contribution < 1.29 is 9.13 Å². The number of unbranched alkanes of at least 4 members (excludes halogenated alkanes) is 2. The Hall–Kier alpha value is -1.43. The van der Waals surface area contributed by atoms with Gasteiger partial charge < -0.3 is 10.1 Å². The third kappa shape index (κ3) is 8.45. The van der Waals surface area contributed by atoms with Gasteiger partial charge in [-0.05, 0) is 75.6 Å². The number of benzene rings is 1. The quantitative estimate of drug-likeness (QED) is 0.218. The van der Waals surface area contributed by atoms with Gasteiger partial charge in [-0.2, -0.15) is 0 Å². The van der Waals surface area contributed by atoms with Crippen LogP contribution in [0.1, 0.15) is 76.3 Å². The van der Waals surface area contributed by atoms with E-state index < -0.39 is 0 Å². The number of allylic oxidation sites excluding steroid dienone is 1. The summed E-state index contributed by atoms with van der Waals surface area (Å²) in [6, 6.07) is 5.26. The number of hydrogen-bond donors (Lipinski definition) is 3. The zero-order chi connectivity index (χ0) is 20.3. The standard InChI is InChI=1S/C24H38FN3O/c1-19(22-10-11-23(25)24(18-22)29-17-13-21-8-9-21)28-27-15-4-2-3-14-26-16-12-20-6-5-7-20/h10-12,18-19,21,26-28H,2-9,13-17H2,1H3/t19-/m0/s1. The van der Waals surface area contributed by atoms with Crippen LogP contribution in [0.5, 0.6) is 5.75 Å². The molecule has 0 unspecified atom stereocenters. The van der Waals surface area contributed by atoms with Crippen molar-refractivity contribution in [3.63, 3.8) is 0 Å². The van der Waals surface area contributed by atoms with Crippen LogP contribution in [0.15, 0.2) is 29.8 Å². The van der Waals surface area contributed by atoms with E-state index in [1.165, 1.54) is 51.0 Å². The van der Waals surface area contributed by atoms with E-state index in [0.29, 0.717) is 12.4 Å². The first-order valence-electron chi connectivity index (χ1n) is 11.5. The van der Waals surface area contributed by atoms with Gasteiger partial charge in [0.05, 0.1) is 6.61 Å². The highest BCUT2D eigenvalue weighted by molar-refractivity contribution is 5.32. The Morgan fingerprint density at radius 2 is 2.00 bits per heavy atom. The molecule has 1 atom stereocenters. The molecule has 1 aromatic carbocycles. The second-order valence-corrected chi connectivity index (χ2v) is 8.54. The van der Waals surface area contributed by atoms with Crippen molar-refractivity contribution in [1.82, 2.24) is 16.2 Å². The summed E-state index contributed by atoms with van der Waals surface area (Å²) in [5.41, 5.74) is 9.27. The molecule has 29 heavy (non-hydrogen) atoms. The Bertz CT molecular complexity index is 639. The third-order valence-electron chi connectivity index (χ3n) is 5.94. The van der Waals surface area contributed by atoms with Crippen LogP contribution in [0.4, 0.5) is 4.39 Å². The second kappa shape index (κ2) is 12.3. The minimum Gasteiger partial charge on any atom is -0.490 e. The van der Waals surface area contributed by atoms with Gasteiger partial charge >= 0.3 is 0 Å². The lowest BCUT2D eigenvalue weighted by atomic mass is 9.92. The van der Waals surface area contributed by atoms with Crippen molar-refractivity contribution in [2.45, 2.75) is 70.8 Å². The second-order valence-electron chi connectivity index (χ2n) is 8.54. The molecule has 0 saturated heterocycles. The van der Waals surface area contributed by atoms with E-state index >= 15 is 0 Å². The van der Waals surface area contributed by atoms with Gasteiger partial charge in [-0.25, -0.2) is 4.39 Å². The zero-order valence-electron chi connectivity index (χ0n) is 17.9. The fraction of sp³-hybridized carbons (Fsp3) is 0.667. The topological polar surface area (TPSA) is 45.3 Å². The van der Waals surface area contributed by atoms with Gasteiger partial charge in [0.2, 0.25) is 0 Å². The highest BCUT2D eigenvalue weighted by atomic mass is 19.1. The largest absolute Gasteiger partial charge is 0.490 e. The third-order valence-corrected chi connectivity index (χ3v) is 5.94. The molecule has 162 valence electrons. The summed E-state index contributed by atoms with van der Waals surface area (Å²) in [5, 5.41) is 3.49. The summed E-state index contributed by atoms with van der Waals surface area (Å²) in [6.45, 7) is 5.73. The van der Waals surface area contributed by atoms with Crippen LogP contribution >= 0.6 is 0 Å². The van der Waals surface area contributed by atoms with E-state index in [1.54, 1.807) is 5.57 Å². The van der Waals surface area contributed by atoms with Crippen molar-refractivity contribution in [3.8, 4) is 5.75 Å². The summed E-state index contributed by atoms with van der Waals surface area (Å²) in [4.78, 5) is 0. The van der Waals surface area contributed by atoms with Gasteiger partial charge in [0.1, 0.15) is 0 Å². The van der Waals surface area contributed by atoms with E-state index in [2.05, 4.69) is 29.2 Å². The van der Waals surface area contributed by atoms with E-state index in [0.717, 1.165) is 44.0 Å². The highest BCUT2D eigenvalue weighted by Crippen LogP contribution is 2.32. The summed E-state index contributed by atoms with van der Waals surface area (Å²) < 4.78 is 19.6. The van der Waals surface area contributed by atoms with Crippen LogP contribution in [0.2, 0.25) is 0 Å². The smallest absolute Gasteiger partial charge is 0.165 e. The van der Waals surface area contributed by atoms with E-state index in [-0.39, 0.29) is 11.9 Å². The van der Waals surface area contributed by atoms with Crippen LogP contribution in [0.25, 0.3) is 0 Å². The van der Waals surface area contributed by atoms with Gasteiger partial charge in [-0.3, -0.25) is 10.9 Å². The SMILES string of the molecule is C[C@H](NNCCCCCNCC=C1CCC1)c1ccc(F)c(OCCC2CC2)c1. The lowest BCUT2D eigenvalue weighted by molar-refractivity contribution is 0.287. The van der Waals surface area contributed by atoms with Crippen molar-refractivity contribution in [3.05, 3.63) is 41.2 Å². The zero-order valence-corrected chi connectivity index (χ0v) is 17.9. The predicted octanol–water partition coefficient (Wildman–Crippen LogP) is 5.03. The Morgan fingerprint density at radius 1 is 1.17 bits per heavy atom. The predicted molar refractivity (Wildman–Crippen MR) is 117 cm³/mol. The molecule has 0 heterocycles. The summed E-state index contributed by atoms with van der Waals surface area (Å²) >= 11 is 0. The van der Waals surface area contributed by atoms with E-state index in [9.17, 15) is 4.39 Å². The van der Waals surface area contributed by atoms with Crippen LogP contribution in [0, 0.1) is 11.7 Å². The van der Waals surface area contributed by atoms with Crippen molar-refractivity contribution in [2.24, 2.45) is 5.92 Å². The Labute approximate surface area is 175 Å². The van der Waals surface area contributed by atoms with Crippen LogP contribution in [-0.4, -0.2) is 26.2 Å². The molecule has 0 bridgehead atoms. The van der Waals surface area contributed by atoms with Gasteiger partial charge in [0, 0.05) is 19.1 Å². The molecule has 0 spiro atoms. The molecule has 5 heteroatoms. The maximum absolute atomic E-state index is 14.0. The van der Waals surface area contributed by atoms with Crippen LogP contribution in [-0.2, 0) is 0 Å². The Kier molecular flexibility index (Phi) is 9.45. The fourth-order valence-electron chi connectivity index (χ4n) is 3.49. The number of rotatable bonds is 15. The monoisotopic (exact) mass is 403 g/mol. The van der Waals surface area contributed by atoms with Gasteiger partial charge in [-0.15, -0.1) is 0 Å². The number of hydrazine groups is 1. The molecule has 0 radical (unpaired) electrons. The molecule has 3 N–H and O–H groups in total. The number of nitrogens with one attached hydrogen (secondary N) is 3. The first-order chi connectivity index (χ1) is 14.2. The first kappa shape index (κ1) is 22.3. The molecule has 3 rings (SSSR count). The molecular weight excluding hydrogens is 365 g/mol. The van der Waals surface area contributed by atoms with E-state index in [4.69, 9.17) is 4.74 Å². The molecule has 0 amide bonds. The average molecular weight is 404 g/mol. The minimum absolute atomic E-state index is 0.0996. The summed E-state index contributed by atoms with van der Waals surface area (Å²) in [6.07, 6.45) is 13.5. The summed E-state index contributed by atoms with van der Waals surface area (Å²) in [5.74, 6) is 0.894. The molecular formula is C24H38FN3O. The molecule has 2 saturated carbocycles. The fourth-order valence-corrected chi connectivity index (χ4v) is 3.49. The number of halogens is 1. The maximum atomic E-state index is 14.0.